The highest BCUT2D eigenvalue weighted by Crippen LogP contribution is 2.14. The predicted molar refractivity (Wildman–Crippen MR) is 61.1 cm³/mol. The Labute approximate surface area is 81.6 Å². The van der Waals surface area contributed by atoms with Gasteiger partial charge in [-0.25, -0.2) is 0 Å². The molecule has 0 aliphatic heterocycles. The van der Waals surface area contributed by atoms with E-state index in [0.717, 1.165) is 0 Å². The van der Waals surface area contributed by atoms with Gasteiger partial charge in [-0.2, -0.15) is 0 Å². The first-order chi connectivity index (χ1) is 5.84. The van der Waals surface area contributed by atoms with E-state index in [2.05, 4.69) is 25.3 Å². The maximum absolute atomic E-state index is 2.19. The predicted octanol–water partition coefficient (Wildman–Crippen LogP) is 4.67. The third-order valence-electron chi connectivity index (χ3n) is 1.35. The molecule has 12 heavy (non-hydrogen) atoms. The van der Waals surface area contributed by atoms with Crippen molar-refractivity contribution >= 4 is 11.3 Å². The van der Waals surface area contributed by atoms with Gasteiger partial charge in [0.1, 0.15) is 0 Å². The van der Waals surface area contributed by atoms with Gasteiger partial charge in [-0.3, -0.25) is 0 Å². The molecule has 0 bridgehead atoms. The van der Waals surface area contributed by atoms with Crippen molar-refractivity contribution in [1.29, 1.82) is 0 Å². The molecule has 0 fully saturated rings. The van der Waals surface area contributed by atoms with Crippen LogP contribution in [-0.4, -0.2) is 0 Å². The van der Waals surface area contributed by atoms with Crippen molar-refractivity contribution in [1.82, 2.24) is 0 Å². The Balaban J connectivity index is 0. The number of rotatable bonds is 1. The lowest BCUT2D eigenvalue weighted by atomic mass is 10.2. The lowest BCUT2D eigenvalue weighted by molar-refractivity contribution is 1.13. The van der Waals surface area contributed by atoms with Crippen molar-refractivity contribution in [2.45, 2.75) is 48.0 Å². The Bertz CT molecular complexity index is 165. The second-order valence-corrected chi connectivity index (χ2v) is 2.98. The van der Waals surface area contributed by atoms with E-state index in [1.807, 2.05) is 39.0 Å². The normalized spacial score (nSPS) is 7.50. The van der Waals surface area contributed by atoms with Gasteiger partial charge in [-0.15, -0.1) is 11.3 Å². The van der Waals surface area contributed by atoms with Gasteiger partial charge in [0.05, 0.1) is 0 Å². The molecule has 0 spiro atoms. The topological polar surface area (TPSA) is 0 Å². The van der Waals surface area contributed by atoms with Crippen LogP contribution in [0.3, 0.4) is 0 Å². The van der Waals surface area contributed by atoms with Gasteiger partial charge in [0.2, 0.25) is 0 Å². The van der Waals surface area contributed by atoms with E-state index in [9.17, 15) is 0 Å². The van der Waals surface area contributed by atoms with E-state index >= 15 is 0 Å². The van der Waals surface area contributed by atoms with E-state index < -0.39 is 0 Å². The van der Waals surface area contributed by atoms with E-state index in [-0.39, 0.29) is 0 Å². The molecule has 1 aromatic rings. The van der Waals surface area contributed by atoms with Crippen LogP contribution in [0, 0.1) is 6.92 Å². The van der Waals surface area contributed by atoms with Crippen molar-refractivity contribution in [3.05, 3.63) is 21.9 Å². The maximum Gasteiger partial charge on any atom is 0.00460 e. The molecule has 0 saturated heterocycles. The van der Waals surface area contributed by atoms with Crippen LogP contribution in [-0.2, 0) is 6.42 Å². The second-order valence-electron chi connectivity index (χ2n) is 1.86. The summed E-state index contributed by atoms with van der Waals surface area (Å²) in [6, 6.07) is 2.19. The fourth-order valence-electron chi connectivity index (χ4n) is 0.778. The SMILES string of the molecule is CC.CC.CCc1ccsc1C. The van der Waals surface area contributed by atoms with E-state index in [1.165, 1.54) is 16.9 Å². The Morgan fingerprint density at radius 2 is 1.67 bits per heavy atom. The minimum absolute atomic E-state index is 1.18. The molecule has 0 aromatic carbocycles. The molecule has 0 radical (unpaired) electrons. The monoisotopic (exact) mass is 186 g/mol. The van der Waals surface area contributed by atoms with Gasteiger partial charge in [0.15, 0.2) is 0 Å². The lowest BCUT2D eigenvalue weighted by Crippen LogP contribution is -1.74. The molecule has 0 N–H and O–H groups in total. The summed E-state index contributed by atoms with van der Waals surface area (Å²) in [4.78, 5) is 1.47. The van der Waals surface area contributed by atoms with Crippen LogP contribution >= 0.6 is 11.3 Å². The van der Waals surface area contributed by atoms with Gasteiger partial charge in [-0.05, 0) is 30.4 Å². The summed E-state index contributed by atoms with van der Waals surface area (Å²) in [6.07, 6.45) is 1.18. The summed E-state index contributed by atoms with van der Waals surface area (Å²) in [5, 5.41) is 2.15. The fourth-order valence-corrected chi connectivity index (χ4v) is 1.58. The molecular weight excluding hydrogens is 164 g/mol. The van der Waals surface area contributed by atoms with Crippen molar-refractivity contribution in [3.63, 3.8) is 0 Å². The second kappa shape index (κ2) is 10.7. The largest absolute Gasteiger partial charge is 0.149 e. The van der Waals surface area contributed by atoms with Crippen LogP contribution in [0.4, 0.5) is 0 Å². The van der Waals surface area contributed by atoms with Crippen molar-refractivity contribution in [2.24, 2.45) is 0 Å². The molecule has 1 heterocycles. The van der Waals surface area contributed by atoms with Crippen molar-refractivity contribution in [3.8, 4) is 0 Å². The fraction of sp³-hybridized carbons (Fsp3) is 0.636. The summed E-state index contributed by atoms with van der Waals surface area (Å²) < 4.78 is 0. The van der Waals surface area contributed by atoms with Crippen LogP contribution in [0.2, 0.25) is 0 Å². The zero-order chi connectivity index (χ0) is 9.98. The molecule has 0 aliphatic carbocycles. The average molecular weight is 186 g/mol. The molecule has 0 saturated carbocycles. The van der Waals surface area contributed by atoms with Crippen LogP contribution in [0.1, 0.15) is 45.1 Å². The first-order valence-electron chi connectivity index (χ1n) is 4.87. The Morgan fingerprint density at radius 3 is 1.83 bits per heavy atom. The minimum Gasteiger partial charge on any atom is -0.149 e. The molecule has 1 rings (SSSR count). The smallest absolute Gasteiger partial charge is 0.00460 e. The Morgan fingerprint density at radius 1 is 1.17 bits per heavy atom. The summed E-state index contributed by atoms with van der Waals surface area (Å²) in [5.41, 5.74) is 1.50. The highest BCUT2D eigenvalue weighted by atomic mass is 32.1. The molecule has 72 valence electrons. The highest BCUT2D eigenvalue weighted by Gasteiger charge is 1.92. The first kappa shape index (κ1) is 14.2. The number of hydrogen-bond donors (Lipinski definition) is 0. The van der Waals surface area contributed by atoms with E-state index in [1.54, 1.807) is 0 Å². The number of aryl methyl sites for hydroxylation is 2. The maximum atomic E-state index is 2.19. The van der Waals surface area contributed by atoms with Gasteiger partial charge >= 0.3 is 0 Å². The molecule has 0 atom stereocenters. The molecule has 0 amide bonds. The van der Waals surface area contributed by atoms with Crippen molar-refractivity contribution in [2.75, 3.05) is 0 Å². The van der Waals surface area contributed by atoms with Gasteiger partial charge in [-0.1, -0.05) is 34.6 Å². The molecule has 0 nitrogen and oxygen atoms in total. The van der Waals surface area contributed by atoms with Gasteiger partial charge < -0.3 is 0 Å². The molecular formula is C11H22S. The standard InChI is InChI=1S/C7H10S.2C2H6/c1-3-7-4-5-8-6(7)2;2*1-2/h4-5H,3H2,1-2H3;2*1-2H3. The van der Waals surface area contributed by atoms with Crippen molar-refractivity contribution < 1.29 is 0 Å². The van der Waals surface area contributed by atoms with Crippen LogP contribution < -0.4 is 0 Å². The van der Waals surface area contributed by atoms with E-state index in [4.69, 9.17) is 0 Å². The number of hydrogen-bond acceptors (Lipinski definition) is 1. The average Bonchev–Trinajstić information content (AvgIpc) is 2.58. The highest BCUT2D eigenvalue weighted by molar-refractivity contribution is 7.10. The quantitative estimate of drug-likeness (QED) is 0.598. The van der Waals surface area contributed by atoms with Crippen LogP contribution in [0.15, 0.2) is 11.4 Å². The summed E-state index contributed by atoms with van der Waals surface area (Å²) in [5.74, 6) is 0. The molecule has 0 unspecified atom stereocenters. The molecule has 0 aliphatic rings. The summed E-state index contributed by atoms with van der Waals surface area (Å²) in [7, 11) is 0. The lowest BCUT2D eigenvalue weighted by Gasteiger charge is -1.87. The van der Waals surface area contributed by atoms with Crippen LogP contribution in [0.25, 0.3) is 0 Å². The van der Waals surface area contributed by atoms with E-state index in [0.29, 0.717) is 0 Å². The third kappa shape index (κ3) is 5.36. The first-order valence-corrected chi connectivity index (χ1v) is 5.75. The Hall–Kier alpha value is -0.300. The summed E-state index contributed by atoms with van der Waals surface area (Å²) in [6.45, 7) is 12.4. The summed E-state index contributed by atoms with van der Waals surface area (Å²) >= 11 is 1.83. The zero-order valence-electron chi connectivity index (χ0n) is 9.27. The minimum atomic E-state index is 1.18. The van der Waals surface area contributed by atoms with Gasteiger partial charge in [0.25, 0.3) is 0 Å². The number of thiophene rings is 1. The van der Waals surface area contributed by atoms with Gasteiger partial charge in [0, 0.05) is 4.88 Å². The van der Waals surface area contributed by atoms with Crippen LogP contribution in [0.5, 0.6) is 0 Å². The Kier molecular flexibility index (Phi) is 12.7. The third-order valence-corrected chi connectivity index (χ3v) is 2.24. The molecule has 1 heteroatoms. The zero-order valence-corrected chi connectivity index (χ0v) is 10.1. The molecule has 1 aromatic heterocycles.